The van der Waals surface area contributed by atoms with E-state index in [0.29, 0.717) is 5.56 Å². The molecule has 3 nitrogen and oxygen atoms in total. The highest BCUT2D eigenvalue weighted by molar-refractivity contribution is 5.89. The number of carbonyl (C=O) groups is 1. The third-order valence-corrected chi connectivity index (χ3v) is 3.95. The first-order chi connectivity index (χ1) is 10.5. The number of nitrogens with zero attached hydrogens (tertiary/aromatic N) is 1. The van der Waals surface area contributed by atoms with E-state index in [1.54, 1.807) is 12.1 Å². The molecule has 0 fully saturated rings. The van der Waals surface area contributed by atoms with Gasteiger partial charge in [0, 0.05) is 0 Å². The zero-order chi connectivity index (χ0) is 16.0. The first kappa shape index (κ1) is 16.2. The SMILES string of the molecule is CC[N+](C)(C)CC(OC(=O)c1ccccc1)c1ccccc1. The highest BCUT2D eigenvalue weighted by atomic mass is 16.5. The van der Waals surface area contributed by atoms with Crippen molar-refractivity contribution in [2.75, 3.05) is 27.2 Å². The summed E-state index contributed by atoms with van der Waals surface area (Å²) in [5.74, 6) is -0.273. The maximum absolute atomic E-state index is 12.4. The topological polar surface area (TPSA) is 26.3 Å². The Morgan fingerprint density at radius 3 is 2.09 bits per heavy atom. The molecule has 0 aliphatic heterocycles. The molecule has 2 aromatic carbocycles. The summed E-state index contributed by atoms with van der Waals surface area (Å²) < 4.78 is 6.60. The lowest BCUT2D eigenvalue weighted by atomic mass is 10.1. The molecular weight excluding hydrogens is 274 g/mol. The van der Waals surface area contributed by atoms with Crippen LogP contribution in [0.2, 0.25) is 0 Å². The Bertz CT molecular complexity index is 593. The van der Waals surface area contributed by atoms with Gasteiger partial charge in [-0.05, 0) is 24.6 Å². The molecule has 0 aromatic heterocycles. The standard InChI is InChI=1S/C19H24NO2/c1-4-20(2,3)15-18(16-11-7-5-8-12-16)22-19(21)17-13-9-6-10-14-17/h5-14,18H,4,15H2,1-3H3/q+1. The van der Waals surface area contributed by atoms with E-state index in [4.69, 9.17) is 4.74 Å². The van der Waals surface area contributed by atoms with Crippen LogP contribution in [-0.4, -0.2) is 37.6 Å². The zero-order valence-electron chi connectivity index (χ0n) is 13.5. The number of ether oxygens (including phenoxy) is 1. The number of hydrogen-bond acceptors (Lipinski definition) is 2. The van der Waals surface area contributed by atoms with Crippen LogP contribution in [0, 0.1) is 0 Å². The second-order valence-electron chi connectivity index (χ2n) is 6.11. The van der Waals surface area contributed by atoms with Crippen LogP contribution in [0.3, 0.4) is 0 Å². The fourth-order valence-corrected chi connectivity index (χ4v) is 2.23. The molecule has 0 aliphatic carbocycles. The summed E-state index contributed by atoms with van der Waals surface area (Å²) in [6.07, 6.45) is -0.246. The quantitative estimate of drug-likeness (QED) is 0.600. The fourth-order valence-electron chi connectivity index (χ4n) is 2.23. The van der Waals surface area contributed by atoms with E-state index >= 15 is 0 Å². The Labute approximate surface area is 132 Å². The van der Waals surface area contributed by atoms with Gasteiger partial charge in [-0.15, -0.1) is 0 Å². The van der Waals surface area contributed by atoms with Gasteiger partial charge in [-0.1, -0.05) is 48.5 Å². The lowest BCUT2D eigenvalue weighted by Gasteiger charge is -2.32. The minimum atomic E-state index is -0.273. The van der Waals surface area contributed by atoms with Crippen LogP contribution in [0.1, 0.15) is 28.9 Å². The van der Waals surface area contributed by atoms with Gasteiger partial charge in [-0.25, -0.2) is 4.79 Å². The van der Waals surface area contributed by atoms with Crippen LogP contribution in [0.15, 0.2) is 60.7 Å². The van der Waals surface area contributed by atoms with E-state index in [0.717, 1.165) is 23.1 Å². The van der Waals surface area contributed by atoms with E-state index in [9.17, 15) is 4.79 Å². The molecule has 0 heterocycles. The Hall–Kier alpha value is -2.13. The van der Waals surface area contributed by atoms with Crippen molar-refractivity contribution in [2.45, 2.75) is 13.0 Å². The van der Waals surface area contributed by atoms with Gasteiger partial charge in [0.2, 0.25) is 0 Å². The summed E-state index contributed by atoms with van der Waals surface area (Å²) in [5.41, 5.74) is 1.62. The van der Waals surface area contributed by atoms with Crippen LogP contribution in [0.4, 0.5) is 0 Å². The second-order valence-corrected chi connectivity index (χ2v) is 6.11. The van der Waals surface area contributed by atoms with Crippen molar-refractivity contribution in [1.82, 2.24) is 0 Å². The average molecular weight is 298 g/mol. The van der Waals surface area contributed by atoms with Gasteiger partial charge in [0.05, 0.1) is 26.2 Å². The highest BCUT2D eigenvalue weighted by Gasteiger charge is 2.25. The Morgan fingerprint density at radius 2 is 1.55 bits per heavy atom. The van der Waals surface area contributed by atoms with E-state index < -0.39 is 0 Å². The van der Waals surface area contributed by atoms with Crippen LogP contribution in [0.25, 0.3) is 0 Å². The van der Waals surface area contributed by atoms with Gasteiger partial charge in [-0.2, -0.15) is 0 Å². The Morgan fingerprint density at radius 1 is 1.00 bits per heavy atom. The number of benzene rings is 2. The predicted molar refractivity (Wildman–Crippen MR) is 88.6 cm³/mol. The number of hydrogen-bond donors (Lipinski definition) is 0. The fraction of sp³-hybridized carbons (Fsp3) is 0.316. The number of carbonyl (C=O) groups excluding carboxylic acids is 1. The molecule has 0 spiro atoms. The largest absolute Gasteiger partial charge is 0.448 e. The molecule has 1 unspecified atom stereocenters. The third kappa shape index (κ3) is 4.43. The number of quaternary nitrogens is 1. The van der Waals surface area contributed by atoms with Crippen molar-refractivity contribution in [1.29, 1.82) is 0 Å². The molecule has 116 valence electrons. The molecule has 0 saturated heterocycles. The first-order valence-corrected chi connectivity index (χ1v) is 7.65. The molecule has 0 bridgehead atoms. The number of likely N-dealkylation sites (N-methyl/N-ethyl adjacent to an activating group) is 1. The van der Waals surface area contributed by atoms with E-state index in [2.05, 4.69) is 21.0 Å². The molecule has 22 heavy (non-hydrogen) atoms. The molecule has 3 heteroatoms. The van der Waals surface area contributed by atoms with Gasteiger partial charge < -0.3 is 9.22 Å². The van der Waals surface area contributed by atoms with Crippen LogP contribution < -0.4 is 0 Å². The molecule has 0 amide bonds. The van der Waals surface area contributed by atoms with Crippen molar-refractivity contribution in [2.24, 2.45) is 0 Å². The van der Waals surface area contributed by atoms with E-state index in [1.807, 2.05) is 48.5 Å². The highest BCUT2D eigenvalue weighted by Crippen LogP contribution is 2.22. The van der Waals surface area contributed by atoms with Crippen molar-refractivity contribution in [3.05, 3.63) is 71.8 Å². The molecule has 0 saturated carbocycles. The molecule has 0 N–H and O–H groups in total. The minimum absolute atomic E-state index is 0.246. The van der Waals surface area contributed by atoms with Gasteiger partial charge in [-0.3, -0.25) is 0 Å². The number of esters is 1. The Balaban J connectivity index is 2.20. The van der Waals surface area contributed by atoms with Gasteiger partial charge >= 0.3 is 5.97 Å². The summed E-state index contributed by atoms with van der Waals surface area (Å²) in [4.78, 5) is 12.4. The smallest absolute Gasteiger partial charge is 0.338 e. The summed E-state index contributed by atoms with van der Waals surface area (Å²) in [6, 6.07) is 19.1. The lowest BCUT2D eigenvalue weighted by molar-refractivity contribution is -0.892. The number of rotatable bonds is 6. The molecular formula is C19H24NO2+. The zero-order valence-corrected chi connectivity index (χ0v) is 13.5. The average Bonchev–Trinajstić information content (AvgIpc) is 2.55. The van der Waals surface area contributed by atoms with Crippen LogP contribution in [0.5, 0.6) is 0 Å². The second kappa shape index (κ2) is 7.23. The molecule has 0 aliphatic rings. The maximum atomic E-state index is 12.4. The van der Waals surface area contributed by atoms with Crippen molar-refractivity contribution >= 4 is 5.97 Å². The summed E-state index contributed by atoms with van der Waals surface area (Å²) >= 11 is 0. The lowest BCUT2D eigenvalue weighted by Crippen LogP contribution is -2.43. The monoisotopic (exact) mass is 298 g/mol. The summed E-state index contributed by atoms with van der Waals surface area (Å²) in [7, 11) is 4.29. The molecule has 2 aromatic rings. The predicted octanol–water partition coefficient (Wildman–Crippen LogP) is 3.68. The van der Waals surface area contributed by atoms with Crippen LogP contribution in [-0.2, 0) is 4.74 Å². The molecule has 1 atom stereocenters. The van der Waals surface area contributed by atoms with Crippen LogP contribution >= 0.6 is 0 Å². The minimum Gasteiger partial charge on any atom is -0.448 e. The molecule has 2 rings (SSSR count). The van der Waals surface area contributed by atoms with Gasteiger partial charge in [0.15, 0.2) is 6.10 Å². The van der Waals surface area contributed by atoms with Crippen molar-refractivity contribution in [3.63, 3.8) is 0 Å². The summed E-state index contributed by atoms with van der Waals surface area (Å²) in [5, 5.41) is 0. The third-order valence-electron chi connectivity index (χ3n) is 3.95. The Kier molecular flexibility index (Phi) is 5.34. The first-order valence-electron chi connectivity index (χ1n) is 7.65. The molecule has 0 radical (unpaired) electrons. The maximum Gasteiger partial charge on any atom is 0.338 e. The normalized spacial score (nSPS) is 12.7. The summed E-state index contributed by atoms with van der Waals surface area (Å²) in [6.45, 7) is 3.87. The van der Waals surface area contributed by atoms with Crippen molar-refractivity contribution < 1.29 is 14.0 Å². The van der Waals surface area contributed by atoms with E-state index in [1.165, 1.54) is 0 Å². The van der Waals surface area contributed by atoms with Crippen molar-refractivity contribution in [3.8, 4) is 0 Å². The van der Waals surface area contributed by atoms with Gasteiger partial charge in [0.25, 0.3) is 0 Å². The van der Waals surface area contributed by atoms with Gasteiger partial charge in [0.1, 0.15) is 6.54 Å². The van der Waals surface area contributed by atoms with E-state index in [-0.39, 0.29) is 12.1 Å².